The summed E-state index contributed by atoms with van der Waals surface area (Å²) in [6.07, 6.45) is 0.332. The summed E-state index contributed by atoms with van der Waals surface area (Å²) in [5.74, 6) is -1.40. The molecule has 1 amide bonds. The number of amides is 1. The highest BCUT2D eigenvalue weighted by Gasteiger charge is 2.32. The van der Waals surface area contributed by atoms with Crippen LogP contribution in [0.25, 0.3) is 0 Å². The molecule has 0 aliphatic rings. The molecule has 0 heterocycles. The molecule has 92 valence electrons. The van der Waals surface area contributed by atoms with E-state index >= 15 is 0 Å². The van der Waals surface area contributed by atoms with Gasteiger partial charge in [0, 0.05) is 9.13 Å². The Hall–Kier alpha value is -1.11. The number of carbonyl (C=O) groups is 2. The lowest BCUT2D eigenvalue weighted by Crippen LogP contribution is -2.51. The lowest BCUT2D eigenvalue weighted by atomic mass is 9.98. The van der Waals surface area contributed by atoms with Crippen molar-refractivity contribution in [2.24, 2.45) is 0 Å². The zero-order valence-electron chi connectivity index (χ0n) is 9.66. The van der Waals surface area contributed by atoms with Crippen LogP contribution in [0.5, 0.6) is 0 Å². The molecule has 0 aliphatic heterocycles. The second-order valence-electron chi connectivity index (χ2n) is 3.95. The van der Waals surface area contributed by atoms with Crippen LogP contribution in [0.3, 0.4) is 0 Å². The Kier molecular flexibility index (Phi) is 4.50. The number of hydrogen-bond acceptors (Lipinski definition) is 2. The molecule has 0 aliphatic carbocycles. The van der Waals surface area contributed by atoms with Crippen LogP contribution in [0.2, 0.25) is 0 Å². The molecule has 4 nitrogen and oxygen atoms in total. The third-order valence-corrected chi connectivity index (χ3v) is 3.39. The van der Waals surface area contributed by atoms with Crippen LogP contribution in [-0.4, -0.2) is 22.5 Å². The maximum atomic E-state index is 11.9. The van der Waals surface area contributed by atoms with Gasteiger partial charge in [0.25, 0.3) is 5.91 Å². The molecule has 1 aromatic carbocycles. The average molecular weight is 347 g/mol. The predicted octanol–water partition coefficient (Wildman–Crippen LogP) is 2.27. The normalized spacial score (nSPS) is 13.8. The number of rotatable bonds is 4. The van der Waals surface area contributed by atoms with Crippen LogP contribution in [0.1, 0.15) is 30.6 Å². The highest BCUT2D eigenvalue weighted by molar-refractivity contribution is 14.1. The van der Waals surface area contributed by atoms with Gasteiger partial charge in [0.05, 0.1) is 0 Å². The van der Waals surface area contributed by atoms with Crippen LogP contribution < -0.4 is 5.32 Å². The van der Waals surface area contributed by atoms with Gasteiger partial charge in [-0.15, -0.1) is 0 Å². The summed E-state index contributed by atoms with van der Waals surface area (Å²) in [6, 6.07) is 6.96. The van der Waals surface area contributed by atoms with Crippen LogP contribution in [0.15, 0.2) is 24.3 Å². The summed E-state index contributed by atoms with van der Waals surface area (Å²) >= 11 is 2.14. The van der Waals surface area contributed by atoms with Crippen molar-refractivity contribution in [2.75, 3.05) is 0 Å². The first-order chi connectivity index (χ1) is 7.89. The van der Waals surface area contributed by atoms with E-state index in [1.165, 1.54) is 6.92 Å². The Morgan fingerprint density at radius 1 is 1.35 bits per heavy atom. The molecule has 1 unspecified atom stereocenters. The first kappa shape index (κ1) is 14.0. The number of nitrogens with one attached hydrogen (secondary N) is 1. The minimum absolute atomic E-state index is 0.332. The smallest absolute Gasteiger partial charge is 0.329 e. The van der Waals surface area contributed by atoms with Gasteiger partial charge in [-0.3, -0.25) is 4.79 Å². The fraction of sp³-hybridized carbons (Fsp3) is 0.333. The van der Waals surface area contributed by atoms with E-state index in [2.05, 4.69) is 27.9 Å². The van der Waals surface area contributed by atoms with E-state index in [0.717, 1.165) is 3.57 Å². The van der Waals surface area contributed by atoms with Gasteiger partial charge in [-0.25, -0.2) is 4.79 Å². The number of halogens is 1. The highest BCUT2D eigenvalue weighted by Crippen LogP contribution is 2.12. The summed E-state index contributed by atoms with van der Waals surface area (Å²) in [5, 5.41) is 11.6. The molecule has 0 spiro atoms. The molecule has 17 heavy (non-hydrogen) atoms. The largest absolute Gasteiger partial charge is 0.480 e. The lowest BCUT2D eigenvalue weighted by molar-refractivity contribution is -0.143. The van der Waals surface area contributed by atoms with Gasteiger partial charge in [-0.05, 0) is 60.2 Å². The molecule has 0 bridgehead atoms. The molecule has 2 N–H and O–H groups in total. The monoisotopic (exact) mass is 347 g/mol. The van der Waals surface area contributed by atoms with Gasteiger partial charge in [0.1, 0.15) is 5.54 Å². The highest BCUT2D eigenvalue weighted by atomic mass is 127. The van der Waals surface area contributed by atoms with E-state index in [-0.39, 0.29) is 5.91 Å². The summed E-state index contributed by atoms with van der Waals surface area (Å²) in [7, 11) is 0. The molecular formula is C12H14INO3. The van der Waals surface area contributed by atoms with E-state index in [1.807, 2.05) is 0 Å². The predicted molar refractivity (Wildman–Crippen MR) is 73.0 cm³/mol. The van der Waals surface area contributed by atoms with E-state index in [4.69, 9.17) is 5.11 Å². The Labute approximate surface area is 114 Å². The van der Waals surface area contributed by atoms with Gasteiger partial charge >= 0.3 is 5.97 Å². The maximum Gasteiger partial charge on any atom is 0.329 e. The standard InChI is InChI=1S/C12H14INO3/c1-3-12(2,11(16)17)14-10(15)8-4-6-9(13)7-5-8/h4-7H,3H2,1-2H3,(H,14,15)(H,16,17). The number of benzene rings is 1. The maximum absolute atomic E-state index is 11.9. The van der Waals surface area contributed by atoms with Crippen LogP contribution in [0, 0.1) is 3.57 Å². The SMILES string of the molecule is CCC(C)(NC(=O)c1ccc(I)cc1)C(=O)O. The molecular weight excluding hydrogens is 333 g/mol. The van der Waals surface area contributed by atoms with Crippen molar-refractivity contribution >= 4 is 34.5 Å². The quantitative estimate of drug-likeness (QED) is 0.822. The molecule has 1 atom stereocenters. The first-order valence-electron chi connectivity index (χ1n) is 5.20. The molecule has 1 aromatic rings. The summed E-state index contributed by atoms with van der Waals surface area (Å²) in [4.78, 5) is 22.9. The van der Waals surface area contributed by atoms with Gasteiger partial charge in [0.2, 0.25) is 0 Å². The van der Waals surface area contributed by atoms with Gasteiger partial charge in [0.15, 0.2) is 0 Å². The summed E-state index contributed by atoms with van der Waals surface area (Å²) in [5.41, 5.74) is -0.758. The molecule has 0 saturated heterocycles. The van der Waals surface area contributed by atoms with Crippen molar-refractivity contribution in [3.63, 3.8) is 0 Å². The van der Waals surface area contributed by atoms with Crippen LogP contribution in [0.4, 0.5) is 0 Å². The summed E-state index contributed by atoms with van der Waals surface area (Å²) < 4.78 is 1.02. The molecule has 5 heteroatoms. The van der Waals surface area contributed by atoms with Crippen LogP contribution in [-0.2, 0) is 4.79 Å². The molecule has 0 radical (unpaired) electrons. The number of carboxylic acid groups (broad SMARTS) is 1. The third kappa shape index (κ3) is 3.42. The van der Waals surface area contributed by atoms with Crippen molar-refractivity contribution < 1.29 is 14.7 Å². The Balaban J connectivity index is 2.85. The second kappa shape index (κ2) is 5.48. The van der Waals surface area contributed by atoms with Crippen molar-refractivity contribution in [3.8, 4) is 0 Å². The average Bonchev–Trinajstić information content (AvgIpc) is 2.29. The number of aliphatic carboxylic acids is 1. The van der Waals surface area contributed by atoms with E-state index in [1.54, 1.807) is 31.2 Å². The number of carboxylic acids is 1. The third-order valence-electron chi connectivity index (χ3n) is 2.67. The van der Waals surface area contributed by atoms with Crippen molar-refractivity contribution in [3.05, 3.63) is 33.4 Å². The van der Waals surface area contributed by atoms with Gasteiger partial charge in [-0.1, -0.05) is 6.92 Å². The number of hydrogen-bond donors (Lipinski definition) is 2. The van der Waals surface area contributed by atoms with Crippen molar-refractivity contribution in [1.82, 2.24) is 5.32 Å². The van der Waals surface area contributed by atoms with E-state index in [0.29, 0.717) is 12.0 Å². The molecule has 0 aromatic heterocycles. The van der Waals surface area contributed by atoms with E-state index < -0.39 is 11.5 Å². The van der Waals surface area contributed by atoms with Gasteiger partial charge < -0.3 is 10.4 Å². The first-order valence-corrected chi connectivity index (χ1v) is 6.28. The fourth-order valence-corrected chi connectivity index (χ4v) is 1.58. The Morgan fingerprint density at radius 2 is 1.88 bits per heavy atom. The lowest BCUT2D eigenvalue weighted by Gasteiger charge is -2.24. The minimum Gasteiger partial charge on any atom is -0.480 e. The summed E-state index contributed by atoms with van der Waals surface area (Å²) in [6.45, 7) is 3.22. The van der Waals surface area contributed by atoms with Crippen molar-refractivity contribution in [2.45, 2.75) is 25.8 Å². The zero-order valence-corrected chi connectivity index (χ0v) is 11.8. The Bertz CT molecular complexity index is 430. The van der Waals surface area contributed by atoms with E-state index in [9.17, 15) is 9.59 Å². The second-order valence-corrected chi connectivity index (χ2v) is 5.20. The zero-order chi connectivity index (χ0) is 13.1. The fourth-order valence-electron chi connectivity index (χ4n) is 1.22. The molecule has 0 saturated carbocycles. The van der Waals surface area contributed by atoms with Crippen molar-refractivity contribution in [1.29, 1.82) is 0 Å². The van der Waals surface area contributed by atoms with Gasteiger partial charge in [-0.2, -0.15) is 0 Å². The molecule has 1 rings (SSSR count). The van der Waals surface area contributed by atoms with Crippen LogP contribution >= 0.6 is 22.6 Å². The Morgan fingerprint density at radius 3 is 2.29 bits per heavy atom. The molecule has 0 fully saturated rings. The topological polar surface area (TPSA) is 66.4 Å². The number of carbonyl (C=O) groups excluding carboxylic acids is 1. The minimum atomic E-state index is -1.22.